The summed E-state index contributed by atoms with van der Waals surface area (Å²) in [7, 11) is 0. The Balaban J connectivity index is 2.74. The highest BCUT2D eigenvalue weighted by Gasteiger charge is 1.90. The van der Waals surface area contributed by atoms with E-state index in [1.165, 1.54) is 5.56 Å². The quantitative estimate of drug-likeness (QED) is 0.564. The van der Waals surface area contributed by atoms with Crippen molar-refractivity contribution in [3.63, 3.8) is 0 Å². The fraction of sp³-hybridized carbons (Fsp3) is 0.500. The van der Waals surface area contributed by atoms with Crippen LogP contribution in [0, 0.1) is 6.20 Å². The van der Waals surface area contributed by atoms with E-state index >= 15 is 0 Å². The number of hydrogen-bond acceptors (Lipinski definition) is 0. The molecule has 1 aromatic rings. The van der Waals surface area contributed by atoms with Crippen LogP contribution in [0.2, 0.25) is 0 Å². The Morgan fingerprint density at radius 3 is 2.67 bits per heavy atom. The minimum atomic E-state index is 1.03. The molecule has 0 saturated heterocycles. The van der Waals surface area contributed by atoms with Crippen molar-refractivity contribution >= 4 is 0 Å². The molecule has 0 aliphatic carbocycles. The topological polar surface area (TPSA) is 4.93 Å². The summed E-state index contributed by atoms with van der Waals surface area (Å²) in [5.41, 5.74) is 1.30. The Kier molecular flexibility index (Phi) is 1.93. The lowest BCUT2D eigenvalue weighted by Gasteiger charge is -1.90. The van der Waals surface area contributed by atoms with Crippen LogP contribution in [-0.4, -0.2) is 4.57 Å². The Labute approximate surface area is 56.3 Å². The maximum atomic E-state index is 3.23. The normalized spacial score (nSPS) is 10.0. The van der Waals surface area contributed by atoms with Crippen LogP contribution in [0.1, 0.15) is 19.4 Å². The molecule has 1 rings (SSSR count). The van der Waals surface area contributed by atoms with Crippen molar-refractivity contribution in [1.82, 2.24) is 4.57 Å². The van der Waals surface area contributed by atoms with Gasteiger partial charge in [0.1, 0.15) is 0 Å². The van der Waals surface area contributed by atoms with Crippen LogP contribution in [0.5, 0.6) is 0 Å². The molecule has 1 radical (unpaired) electrons. The van der Waals surface area contributed by atoms with Crippen molar-refractivity contribution < 1.29 is 0 Å². The van der Waals surface area contributed by atoms with Crippen LogP contribution in [0.4, 0.5) is 0 Å². The number of aryl methyl sites for hydroxylation is 2. The van der Waals surface area contributed by atoms with E-state index in [4.69, 9.17) is 0 Å². The second kappa shape index (κ2) is 2.72. The van der Waals surface area contributed by atoms with Gasteiger partial charge in [-0.1, -0.05) is 6.92 Å². The summed E-state index contributed by atoms with van der Waals surface area (Å²) in [5, 5.41) is 0. The van der Waals surface area contributed by atoms with Gasteiger partial charge in [-0.3, -0.25) is 0 Å². The third kappa shape index (κ3) is 1.35. The first-order chi connectivity index (χ1) is 4.36. The third-order valence-electron chi connectivity index (χ3n) is 1.46. The summed E-state index contributed by atoms with van der Waals surface area (Å²) in [5.74, 6) is 0. The van der Waals surface area contributed by atoms with Gasteiger partial charge in [-0.05, 0) is 25.0 Å². The van der Waals surface area contributed by atoms with Gasteiger partial charge in [-0.2, -0.15) is 0 Å². The van der Waals surface area contributed by atoms with Crippen molar-refractivity contribution in [1.29, 1.82) is 0 Å². The lowest BCUT2D eigenvalue weighted by atomic mass is 10.3. The summed E-state index contributed by atoms with van der Waals surface area (Å²) < 4.78 is 2.07. The van der Waals surface area contributed by atoms with E-state index in [9.17, 15) is 0 Å². The standard InChI is InChI=1S/C8H12N/c1-3-8-5-6-9(4-2)7-8/h5-6H,3-4H2,1-2H3. The molecule has 0 aromatic carbocycles. The van der Waals surface area contributed by atoms with E-state index in [2.05, 4.69) is 36.9 Å². The zero-order chi connectivity index (χ0) is 6.69. The first-order valence-electron chi connectivity index (χ1n) is 3.44. The summed E-state index contributed by atoms with van der Waals surface area (Å²) in [6.45, 7) is 5.29. The molecule has 1 heterocycles. The molecule has 1 nitrogen and oxygen atoms in total. The maximum Gasteiger partial charge on any atom is 0.0683 e. The van der Waals surface area contributed by atoms with Crippen LogP contribution in [0.15, 0.2) is 12.3 Å². The molecular formula is C8H12N. The lowest BCUT2D eigenvalue weighted by molar-refractivity contribution is 0.760. The molecule has 0 atom stereocenters. The SMILES string of the molecule is CCc1[c]n(CC)cc1. The molecule has 0 amide bonds. The largest absolute Gasteiger partial charge is 0.346 e. The van der Waals surface area contributed by atoms with Gasteiger partial charge in [0.05, 0.1) is 6.20 Å². The maximum absolute atomic E-state index is 3.23. The predicted octanol–water partition coefficient (Wildman–Crippen LogP) is 1.87. The minimum Gasteiger partial charge on any atom is -0.346 e. The Morgan fingerprint density at radius 2 is 2.33 bits per heavy atom. The molecule has 0 spiro atoms. The molecule has 0 aliphatic rings. The molecule has 0 saturated carbocycles. The van der Waals surface area contributed by atoms with Gasteiger partial charge < -0.3 is 4.57 Å². The first-order valence-corrected chi connectivity index (χ1v) is 3.44. The number of aromatic nitrogens is 1. The van der Waals surface area contributed by atoms with Crippen LogP contribution in [0.25, 0.3) is 0 Å². The van der Waals surface area contributed by atoms with Gasteiger partial charge in [0.15, 0.2) is 0 Å². The molecule has 0 aliphatic heterocycles. The number of nitrogens with zero attached hydrogens (tertiary/aromatic N) is 1. The average molecular weight is 122 g/mol. The number of rotatable bonds is 2. The van der Waals surface area contributed by atoms with Gasteiger partial charge in [-0.15, -0.1) is 0 Å². The van der Waals surface area contributed by atoms with Crippen molar-refractivity contribution in [3.8, 4) is 0 Å². The van der Waals surface area contributed by atoms with Gasteiger partial charge in [-0.25, -0.2) is 0 Å². The highest BCUT2D eigenvalue weighted by molar-refractivity contribution is 5.07. The van der Waals surface area contributed by atoms with Gasteiger partial charge in [0, 0.05) is 12.7 Å². The van der Waals surface area contributed by atoms with E-state index in [-0.39, 0.29) is 0 Å². The molecule has 0 unspecified atom stereocenters. The first kappa shape index (κ1) is 6.40. The van der Waals surface area contributed by atoms with E-state index in [0.29, 0.717) is 0 Å². The zero-order valence-corrected chi connectivity index (χ0v) is 6.02. The van der Waals surface area contributed by atoms with Crippen molar-refractivity contribution in [2.75, 3.05) is 0 Å². The zero-order valence-electron chi connectivity index (χ0n) is 6.02. The summed E-state index contributed by atoms with van der Waals surface area (Å²) in [6.07, 6.45) is 6.39. The van der Waals surface area contributed by atoms with Crippen molar-refractivity contribution in [2.24, 2.45) is 0 Å². The average Bonchev–Trinajstić information content (AvgIpc) is 2.34. The van der Waals surface area contributed by atoms with Crippen LogP contribution < -0.4 is 0 Å². The van der Waals surface area contributed by atoms with Crippen LogP contribution in [0.3, 0.4) is 0 Å². The fourth-order valence-electron chi connectivity index (χ4n) is 0.820. The Bertz CT molecular complexity index is 158. The highest BCUT2D eigenvalue weighted by Crippen LogP contribution is 1.99. The summed E-state index contributed by atoms with van der Waals surface area (Å²) >= 11 is 0. The van der Waals surface area contributed by atoms with E-state index in [1.807, 2.05) is 0 Å². The van der Waals surface area contributed by atoms with E-state index < -0.39 is 0 Å². The Hall–Kier alpha value is -0.720. The third-order valence-corrected chi connectivity index (χ3v) is 1.46. The molecule has 0 N–H and O–H groups in total. The van der Waals surface area contributed by atoms with E-state index in [0.717, 1.165) is 13.0 Å². The van der Waals surface area contributed by atoms with Gasteiger partial charge in [0.2, 0.25) is 0 Å². The highest BCUT2D eigenvalue weighted by atomic mass is 14.9. The van der Waals surface area contributed by atoms with Crippen LogP contribution in [-0.2, 0) is 13.0 Å². The summed E-state index contributed by atoms with van der Waals surface area (Å²) in [6, 6.07) is 2.11. The lowest BCUT2D eigenvalue weighted by Crippen LogP contribution is -1.87. The fourth-order valence-corrected chi connectivity index (χ4v) is 0.820. The minimum absolute atomic E-state index is 1.03. The second-order valence-corrected chi connectivity index (χ2v) is 2.09. The van der Waals surface area contributed by atoms with Gasteiger partial charge >= 0.3 is 0 Å². The molecular weight excluding hydrogens is 110 g/mol. The molecule has 1 heteroatoms. The van der Waals surface area contributed by atoms with Gasteiger partial charge in [0.25, 0.3) is 0 Å². The van der Waals surface area contributed by atoms with Crippen molar-refractivity contribution in [2.45, 2.75) is 26.8 Å². The smallest absolute Gasteiger partial charge is 0.0683 e. The number of hydrogen-bond donors (Lipinski definition) is 0. The summed E-state index contributed by atoms with van der Waals surface area (Å²) in [4.78, 5) is 0. The molecule has 49 valence electrons. The predicted molar refractivity (Wildman–Crippen MR) is 38.3 cm³/mol. The second-order valence-electron chi connectivity index (χ2n) is 2.09. The Morgan fingerprint density at radius 1 is 1.56 bits per heavy atom. The molecule has 1 aromatic heterocycles. The van der Waals surface area contributed by atoms with Crippen molar-refractivity contribution in [3.05, 3.63) is 24.0 Å². The van der Waals surface area contributed by atoms with E-state index in [1.54, 1.807) is 0 Å². The molecule has 0 fully saturated rings. The molecule has 9 heavy (non-hydrogen) atoms. The molecule has 0 bridgehead atoms. The monoisotopic (exact) mass is 122 g/mol. The van der Waals surface area contributed by atoms with Crippen LogP contribution >= 0.6 is 0 Å².